The largest absolute Gasteiger partial charge is 0.434 e. The van der Waals surface area contributed by atoms with Crippen LogP contribution in [0.5, 0.6) is 5.75 Å². The number of aromatic nitrogens is 4. The quantitative estimate of drug-likeness (QED) is 0.440. The summed E-state index contributed by atoms with van der Waals surface area (Å²) in [5, 5.41) is 0. The number of carbonyl (C=O) groups is 1. The number of amides is 1. The minimum absolute atomic E-state index is 0.0152. The van der Waals surface area contributed by atoms with Gasteiger partial charge in [0.05, 0.1) is 28.7 Å². The highest BCUT2D eigenvalue weighted by molar-refractivity contribution is 5.98. The first kappa shape index (κ1) is 22.3. The molecule has 2 aliphatic heterocycles. The Morgan fingerprint density at radius 1 is 1.11 bits per heavy atom. The van der Waals surface area contributed by atoms with E-state index < -0.39 is 12.2 Å². The Balaban J connectivity index is 1.37. The van der Waals surface area contributed by atoms with Gasteiger partial charge in [0.2, 0.25) is 0 Å². The molecular weight excluding hydrogens is 478 g/mol. The number of fused-ring (bicyclic) bond motifs is 9. The van der Waals surface area contributed by atoms with Gasteiger partial charge in [0, 0.05) is 42.6 Å². The summed E-state index contributed by atoms with van der Waals surface area (Å²) in [4.78, 5) is 28.9. The van der Waals surface area contributed by atoms with Crippen LogP contribution in [-0.4, -0.2) is 44.0 Å². The number of halogens is 2. The van der Waals surface area contributed by atoms with Crippen molar-refractivity contribution in [3.63, 3.8) is 0 Å². The minimum Gasteiger partial charge on any atom is -0.434 e. The summed E-state index contributed by atoms with van der Waals surface area (Å²) in [5.74, 6) is 1.17. The van der Waals surface area contributed by atoms with Crippen molar-refractivity contribution in [3.05, 3.63) is 71.6 Å². The molecule has 4 heterocycles. The standard InChI is InChI=1S/C27H24F2N6O2/c1-34-20-11-19(22-16(24(34)36)4-2-5-21(22)37-26(28)29)35-18-10-14(6-7-17(18)33-23(20)35)15-12-31-25(32-13-15)27(30)8-3-9-27/h2,4-7,10,12-13,19-20,26H,3,8-9,11,30H2,1H3. The van der Waals surface area contributed by atoms with E-state index in [-0.39, 0.29) is 23.7 Å². The fraction of sp³-hybridized carbons (Fsp3) is 0.333. The molecule has 1 fully saturated rings. The molecule has 2 aromatic carbocycles. The highest BCUT2D eigenvalue weighted by Gasteiger charge is 2.45. The maximum atomic E-state index is 13.3. The van der Waals surface area contributed by atoms with Crippen molar-refractivity contribution in [1.82, 2.24) is 24.4 Å². The molecular formula is C27H24F2N6O2. The fourth-order valence-electron chi connectivity index (χ4n) is 5.97. The molecule has 10 heteroatoms. The van der Waals surface area contributed by atoms with E-state index in [2.05, 4.69) is 14.5 Å². The van der Waals surface area contributed by atoms with Crippen LogP contribution in [0.2, 0.25) is 0 Å². The third-order valence-corrected chi connectivity index (χ3v) is 8.08. The highest BCUT2D eigenvalue weighted by Crippen LogP contribution is 2.50. The van der Waals surface area contributed by atoms with Crippen LogP contribution in [0.3, 0.4) is 0 Å². The molecule has 0 radical (unpaired) electrons. The molecule has 0 saturated heterocycles. The van der Waals surface area contributed by atoms with Gasteiger partial charge in [-0.3, -0.25) is 4.79 Å². The summed E-state index contributed by atoms with van der Waals surface area (Å²) in [6.45, 7) is -3.00. The molecule has 1 saturated carbocycles. The summed E-state index contributed by atoms with van der Waals surface area (Å²) in [6, 6.07) is 9.97. The molecule has 0 spiro atoms. The van der Waals surface area contributed by atoms with Gasteiger partial charge in [0.25, 0.3) is 5.91 Å². The number of imidazole rings is 1. The first-order valence-electron chi connectivity index (χ1n) is 12.3. The zero-order chi connectivity index (χ0) is 25.5. The van der Waals surface area contributed by atoms with Crippen molar-refractivity contribution in [2.45, 2.75) is 49.9 Å². The summed E-state index contributed by atoms with van der Waals surface area (Å²) < 4.78 is 33.6. The number of rotatable bonds is 4. The molecule has 37 heavy (non-hydrogen) atoms. The van der Waals surface area contributed by atoms with Crippen molar-refractivity contribution in [3.8, 4) is 16.9 Å². The molecule has 2 bridgehead atoms. The zero-order valence-electron chi connectivity index (χ0n) is 20.1. The van der Waals surface area contributed by atoms with Crippen LogP contribution in [0.15, 0.2) is 48.8 Å². The second-order valence-corrected chi connectivity index (χ2v) is 10.1. The van der Waals surface area contributed by atoms with E-state index in [0.29, 0.717) is 23.4 Å². The van der Waals surface area contributed by atoms with E-state index in [1.54, 1.807) is 36.5 Å². The van der Waals surface area contributed by atoms with Crippen molar-refractivity contribution in [1.29, 1.82) is 0 Å². The van der Waals surface area contributed by atoms with Crippen LogP contribution in [0.25, 0.3) is 22.2 Å². The summed E-state index contributed by atoms with van der Waals surface area (Å²) in [5.41, 5.74) is 10.1. The first-order valence-corrected chi connectivity index (χ1v) is 12.3. The van der Waals surface area contributed by atoms with E-state index in [1.165, 1.54) is 6.07 Å². The summed E-state index contributed by atoms with van der Waals surface area (Å²) in [6.07, 6.45) is 6.96. The maximum absolute atomic E-state index is 13.3. The van der Waals surface area contributed by atoms with Gasteiger partial charge in [-0.2, -0.15) is 8.78 Å². The number of nitrogens with two attached hydrogens (primary N) is 1. The topological polar surface area (TPSA) is 99.2 Å². The Hall–Kier alpha value is -3.92. The van der Waals surface area contributed by atoms with Gasteiger partial charge >= 0.3 is 6.61 Å². The Morgan fingerprint density at radius 3 is 2.59 bits per heavy atom. The number of hydrogen-bond donors (Lipinski definition) is 1. The van der Waals surface area contributed by atoms with Crippen molar-refractivity contribution in [2.24, 2.45) is 5.73 Å². The molecule has 8 nitrogen and oxygen atoms in total. The number of carbonyl (C=O) groups excluding carboxylic acids is 1. The lowest BCUT2D eigenvalue weighted by molar-refractivity contribution is -0.0507. The van der Waals surface area contributed by atoms with Crippen molar-refractivity contribution < 1.29 is 18.3 Å². The van der Waals surface area contributed by atoms with E-state index >= 15 is 0 Å². The summed E-state index contributed by atoms with van der Waals surface area (Å²) >= 11 is 0. The van der Waals surface area contributed by atoms with E-state index in [4.69, 9.17) is 15.5 Å². The van der Waals surface area contributed by atoms with Crippen LogP contribution in [-0.2, 0) is 5.54 Å². The molecule has 2 aromatic heterocycles. The summed E-state index contributed by atoms with van der Waals surface area (Å²) in [7, 11) is 1.73. The molecule has 2 N–H and O–H groups in total. The maximum Gasteiger partial charge on any atom is 0.387 e. The number of ether oxygens (including phenoxy) is 1. The average molecular weight is 503 g/mol. The normalized spacial score (nSPS) is 21.5. The number of nitrogens with zero attached hydrogens (tertiary/aromatic N) is 5. The van der Waals surface area contributed by atoms with Gasteiger partial charge in [-0.25, -0.2) is 15.0 Å². The second kappa shape index (κ2) is 7.79. The Bertz CT molecular complexity index is 1560. The van der Waals surface area contributed by atoms with Crippen molar-refractivity contribution >= 4 is 16.9 Å². The Labute approximate surface area is 211 Å². The second-order valence-electron chi connectivity index (χ2n) is 10.1. The lowest BCUT2D eigenvalue weighted by atomic mass is 9.77. The number of hydrogen-bond acceptors (Lipinski definition) is 6. The highest BCUT2D eigenvalue weighted by atomic mass is 19.3. The van der Waals surface area contributed by atoms with Gasteiger partial charge in [-0.1, -0.05) is 12.1 Å². The molecule has 7 rings (SSSR count). The van der Waals surface area contributed by atoms with Gasteiger partial charge in [-0.15, -0.1) is 0 Å². The van der Waals surface area contributed by atoms with Gasteiger partial charge in [0.15, 0.2) is 0 Å². The molecule has 4 aromatic rings. The third kappa shape index (κ3) is 3.21. The minimum atomic E-state index is -3.00. The average Bonchev–Trinajstić information content (AvgIpc) is 3.40. The fourth-order valence-corrected chi connectivity index (χ4v) is 5.97. The van der Waals surface area contributed by atoms with Crippen LogP contribution in [0.1, 0.15) is 65.3 Å². The molecule has 2 unspecified atom stereocenters. The smallest absolute Gasteiger partial charge is 0.387 e. The van der Waals surface area contributed by atoms with Gasteiger partial charge < -0.3 is 19.9 Å². The predicted octanol–water partition coefficient (Wildman–Crippen LogP) is 4.55. The lowest BCUT2D eigenvalue weighted by Crippen LogP contribution is -2.44. The monoisotopic (exact) mass is 502 g/mol. The van der Waals surface area contributed by atoms with Crippen LogP contribution in [0, 0.1) is 0 Å². The molecule has 1 aliphatic carbocycles. The molecule has 2 atom stereocenters. The van der Waals surface area contributed by atoms with Gasteiger partial charge in [-0.05, 0) is 49.1 Å². The van der Waals surface area contributed by atoms with E-state index in [9.17, 15) is 13.6 Å². The van der Waals surface area contributed by atoms with Crippen LogP contribution in [0.4, 0.5) is 8.78 Å². The Kier molecular flexibility index (Phi) is 4.69. The van der Waals surface area contributed by atoms with E-state index in [0.717, 1.165) is 47.2 Å². The predicted molar refractivity (Wildman–Crippen MR) is 131 cm³/mol. The van der Waals surface area contributed by atoms with Crippen LogP contribution < -0.4 is 10.5 Å². The number of benzene rings is 2. The number of alkyl halides is 2. The third-order valence-electron chi connectivity index (χ3n) is 8.08. The van der Waals surface area contributed by atoms with E-state index in [1.807, 2.05) is 18.2 Å². The molecule has 3 aliphatic rings. The van der Waals surface area contributed by atoms with Gasteiger partial charge in [0.1, 0.15) is 17.4 Å². The van der Waals surface area contributed by atoms with Crippen molar-refractivity contribution in [2.75, 3.05) is 7.05 Å². The molecule has 188 valence electrons. The Morgan fingerprint density at radius 2 is 1.89 bits per heavy atom. The molecule has 1 amide bonds. The van der Waals surface area contributed by atoms with Crippen LogP contribution >= 0.6 is 0 Å². The first-order chi connectivity index (χ1) is 17.8. The SMILES string of the molecule is CN1C(=O)c2cccc(OC(F)F)c2C2CC1c1nc3ccc(-c4cnc(C5(N)CCC5)nc4)cc3n12. The lowest BCUT2D eigenvalue weighted by Gasteiger charge is -2.36. The zero-order valence-corrected chi connectivity index (χ0v) is 20.1.